The van der Waals surface area contributed by atoms with Crippen LogP contribution in [-0.2, 0) is 16.1 Å². The van der Waals surface area contributed by atoms with Crippen molar-refractivity contribution >= 4 is 30.6 Å². The van der Waals surface area contributed by atoms with Gasteiger partial charge in [0.15, 0.2) is 0 Å². The van der Waals surface area contributed by atoms with Crippen LogP contribution in [0, 0.1) is 0 Å². The van der Waals surface area contributed by atoms with E-state index in [4.69, 9.17) is 10.7 Å². The van der Waals surface area contributed by atoms with Gasteiger partial charge in [-0.2, -0.15) is 5.10 Å². The molecule has 0 bridgehead atoms. The van der Waals surface area contributed by atoms with Crippen molar-refractivity contribution in [2.45, 2.75) is 4.90 Å². The first-order valence-corrected chi connectivity index (χ1v) is 6.16. The molecule has 0 atom stereocenters. The molecule has 1 aromatic carbocycles. The SMILES string of the molecule is Cn1cc2cc(S(=O)(=O)Cl)ccc2n1. The maximum absolute atomic E-state index is 11.0. The Morgan fingerprint density at radius 1 is 1.43 bits per heavy atom. The molecule has 0 aliphatic carbocycles. The summed E-state index contributed by atoms with van der Waals surface area (Å²) in [4.78, 5) is 0.0969. The van der Waals surface area contributed by atoms with E-state index < -0.39 is 9.05 Å². The maximum Gasteiger partial charge on any atom is 0.261 e. The number of hydrogen-bond donors (Lipinski definition) is 0. The van der Waals surface area contributed by atoms with Crippen LogP contribution in [0.3, 0.4) is 0 Å². The summed E-state index contributed by atoms with van der Waals surface area (Å²) < 4.78 is 23.7. The lowest BCUT2D eigenvalue weighted by atomic mass is 10.3. The predicted molar refractivity (Wildman–Crippen MR) is 53.8 cm³/mol. The molecule has 0 aliphatic rings. The van der Waals surface area contributed by atoms with E-state index in [-0.39, 0.29) is 4.90 Å². The molecule has 2 aromatic rings. The Bertz CT molecular complexity index is 588. The minimum atomic E-state index is -3.65. The summed E-state index contributed by atoms with van der Waals surface area (Å²) >= 11 is 0. The summed E-state index contributed by atoms with van der Waals surface area (Å²) in [5.41, 5.74) is 0.747. The first-order valence-electron chi connectivity index (χ1n) is 3.85. The highest BCUT2D eigenvalue weighted by Crippen LogP contribution is 2.20. The molecule has 74 valence electrons. The van der Waals surface area contributed by atoms with E-state index in [2.05, 4.69) is 5.10 Å². The average molecular weight is 231 g/mol. The van der Waals surface area contributed by atoms with Crippen LogP contribution in [0.2, 0.25) is 0 Å². The third kappa shape index (κ3) is 1.60. The lowest BCUT2D eigenvalue weighted by molar-refractivity contribution is 0.609. The van der Waals surface area contributed by atoms with E-state index in [1.165, 1.54) is 12.1 Å². The van der Waals surface area contributed by atoms with Gasteiger partial charge in [0, 0.05) is 29.3 Å². The Labute approximate surface area is 85.5 Å². The van der Waals surface area contributed by atoms with Gasteiger partial charge in [0.05, 0.1) is 10.4 Å². The average Bonchev–Trinajstić information content (AvgIpc) is 2.41. The monoisotopic (exact) mass is 230 g/mol. The molecule has 0 saturated carbocycles. The molecule has 0 radical (unpaired) electrons. The molecule has 0 unspecified atom stereocenters. The quantitative estimate of drug-likeness (QED) is 0.698. The lowest BCUT2D eigenvalue weighted by Gasteiger charge is -1.94. The van der Waals surface area contributed by atoms with Crippen molar-refractivity contribution in [1.82, 2.24) is 9.78 Å². The fourth-order valence-electron chi connectivity index (χ4n) is 1.28. The van der Waals surface area contributed by atoms with Gasteiger partial charge in [0.1, 0.15) is 0 Å². The molecule has 0 spiro atoms. The predicted octanol–water partition coefficient (Wildman–Crippen LogP) is 1.50. The van der Waals surface area contributed by atoms with E-state index in [1.54, 1.807) is 24.0 Å². The van der Waals surface area contributed by atoms with Crippen molar-refractivity contribution in [3.05, 3.63) is 24.4 Å². The summed E-state index contributed by atoms with van der Waals surface area (Å²) in [7, 11) is 3.33. The van der Waals surface area contributed by atoms with Gasteiger partial charge < -0.3 is 0 Å². The van der Waals surface area contributed by atoms with Crippen LogP contribution < -0.4 is 0 Å². The van der Waals surface area contributed by atoms with E-state index in [1.807, 2.05) is 0 Å². The Balaban J connectivity index is 2.74. The molecule has 0 amide bonds. The van der Waals surface area contributed by atoms with Crippen LogP contribution in [0.25, 0.3) is 10.9 Å². The van der Waals surface area contributed by atoms with Crippen molar-refractivity contribution in [2.24, 2.45) is 7.05 Å². The van der Waals surface area contributed by atoms with Crippen molar-refractivity contribution in [1.29, 1.82) is 0 Å². The molecule has 0 N–H and O–H groups in total. The number of fused-ring (bicyclic) bond motifs is 1. The summed E-state index contributed by atoms with van der Waals surface area (Å²) in [6.45, 7) is 0. The topological polar surface area (TPSA) is 52.0 Å². The van der Waals surface area contributed by atoms with Crippen molar-refractivity contribution in [3.63, 3.8) is 0 Å². The van der Waals surface area contributed by atoms with Crippen LogP contribution in [0.4, 0.5) is 0 Å². The van der Waals surface area contributed by atoms with E-state index in [9.17, 15) is 8.42 Å². The summed E-state index contributed by atoms with van der Waals surface area (Å²) in [6, 6.07) is 4.58. The van der Waals surface area contributed by atoms with Gasteiger partial charge in [-0.05, 0) is 18.2 Å². The molecule has 1 heterocycles. The maximum atomic E-state index is 11.0. The van der Waals surface area contributed by atoms with E-state index in [0.29, 0.717) is 0 Å². The molecule has 0 aliphatic heterocycles. The molecule has 0 saturated heterocycles. The summed E-state index contributed by atoms with van der Waals surface area (Å²) in [6.07, 6.45) is 1.74. The van der Waals surface area contributed by atoms with Crippen molar-refractivity contribution in [3.8, 4) is 0 Å². The highest BCUT2D eigenvalue weighted by Gasteiger charge is 2.10. The summed E-state index contributed by atoms with van der Waals surface area (Å²) in [5.74, 6) is 0. The van der Waals surface area contributed by atoms with Crippen molar-refractivity contribution < 1.29 is 8.42 Å². The van der Waals surface area contributed by atoms with Crippen LogP contribution in [0.1, 0.15) is 0 Å². The molecule has 14 heavy (non-hydrogen) atoms. The van der Waals surface area contributed by atoms with Crippen molar-refractivity contribution in [2.75, 3.05) is 0 Å². The molecule has 0 fully saturated rings. The second-order valence-electron chi connectivity index (χ2n) is 2.96. The summed E-state index contributed by atoms with van der Waals surface area (Å²) in [5, 5.41) is 4.87. The van der Waals surface area contributed by atoms with Gasteiger partial charge in [-0.3, -0.25) is 4.68 Å². The second-order valence-corrected chi connectivity index (χ2v) is 5.53. The van der Waals surface area contributed by atoms with E-state index >= 15 is 0 Å². The minimum Gasteiger partial charge on any atom is -0.275 e. The molecule has 2 rings (SSSR count). The fraction of sp³-hybridized carbons (Fsp3) is 0.125. The van der Waals surface area contributed by atoms with Gasteiger partial charge >= 0.3 is 0 Å². The van der Waals surface area contributed by atoms with Crippen LogP contribution in [-0.4, -0.2) is 18.2 Å². The zero-order valence-electron chi connectivity index (χ0n) is 7.31. The smallest absolute Gasteiger partial charge is 0.261 e. The van der Waals surface area contributed by atoms with Crippen LogP contribution in [0.5, 0.6) is 0 Å². The van der Waals surface area contributed by atoms with Gasteiger partial charge in [-0.15, -0.1) is 0 Å². The Hall–Kier alpha value is -1.07. The number of benzene rings is 1. The third-order valence-corrected chi connectivity index (χ3v) is 3.22. The van der Waals surface area contributed by atoms with Crippen LogP contribution in [0.15, 0.2) is 29.3 Å². The Morgan fingerprint density at radius 3 is 2.79 bits per heavy atom. The van der Waals surface area contributed by atoms with Crippen LogP contribution >= 0.6 is 10.7 Å². The number of halogens is 1. The molecule has 4 nitrogen and oxygen atoms in total. The number of aryl methyl sites for hydroxylation is 1. The first-order chi connectivity index (χ1) is 6.47. The zero-order chi connectivity index (χ0) is 10.3. The molecule has 1 aromatic heterocycles. The third-order valence-electron chi connectivity index (χ3n) is 1.87. The van der Waals surface area contributed by atoms with Gasteiger partial charge in [0.25, 0.3) is 9.05 Å². The number of aromatic nitrogens is 2. The first kappa shape index (κ1) is 9.48. The van der Waals surface area contributed by atoms with Gasteiger partial charge in [-0.1, -0.05) is 0 Å². The van der Waals surface area contributed by atoms with Gasteiger partial charge in [0.2, 0.25) is 0 Å². The highest BCUT2D eigenvalue weighted by molar-refractivity contribution is 8.13. The fourth-order valence-corrected chi connectivity index (χ4v) is 2.07. The highest BCUT2D eigenvalue weighted by atomic mass is 35.7. The molecular formula is C8H7ClN2O2S. The lowest BCUT2D eigenvalue weighted by Crippen LogP contribution is -1.89. The largest absolute Gasteiger partial charge is 0.275 e. The second kappa shape index (κ2) is 2.96. The standard InChI is InChI=1S/C8H7ClN2O2S/c1-11-5-6-4-7(14(9,12)13)2-3-8(6)10-11/h2-5H,1H3. The molecule has 6 heteroatoms. The Morgan fingerprint density at radius 2 is 2.14 bits per heavy atom. The number of hydrogen-bond acceptors (Lipinski definition) is 3. The van der Waals surface area contributed by atoms with Gasteiger partial charge in [-0.25, -0.2) is 8.42 Å². The zero-order valence-corrected chi connectivity index (χ0v) is 8.88. The number of nitrogens with zero attached hydrogens (tertiary/aromatic N) is 2. The number of rotatable bonds is 1. The Kier molecular flexibility index (Phi) is 2.01. The molecular weight excluding hydrogens is 224 g/mol. The van der Waals surface area contributed by atoms with E-state index in [0.717, 1.165) is 10.9 Å². The normalized spacial score (nSPS) is 12.1. The minimum absolute atomic E-state index is 0.0969.